The number of aliphatic hydroxyl groups excluding tert-OH is 1. The normalized spacial score (nSPS) is 37.1. The van der Waals surface area contributed by atoms with Gasteiger partial charge in [0.1, 0.15) is 24.4 Å². The summed E-state index contributed by atoms with van der Waals surface area (Å²) in [5.74, 6) is 0. The maximum Gasteiger partial charge on any atom is 0.186 e. The highest BCUT2D eigenvalue weighted by atomic mass is 16.8. The van der Waals surface area contributed by atoms with Gasteiger partial charge in [0.05, 0.1) is 13.2 Å². The van der Waals surface area contributed by atoms with E-state index in [1.807, 2.05) is 30.3 Å². The van der Waals surface area contributed by atoms with Crippen LogP contribution in [0, 0.1) is 0 Å². The zero-order chi connectivity index (χ0) is 16.2. The van der Waals surface area contributed by atoms with Gasteiger partial charge in [-0.3, -0.25) is 0 Å². The van der Waals surface area contributed by atoms with Crippen LogP contribution >= 0.6 is 0 Å². The van der Waals surface area contributed by atoms with E-state index in [0.29, 0.717) is 13.2 Å². The van der Waals surface area contributed by atoms with Gasteiger partial charge in [0.25, 0.3) is 0 Å². The fourth-order valence-corrected chi connectivity index (χ4v) is 2.91. The Hall–Kier alpha value is -1.28. The molecule has 23 heavy (non-hydrogen) atoms. The molecule has 1 aromatic rings. The number of fused-ring (bicyclic) bond motifs is 1. The van der Waals surface area contributed by atoms with Crippen LogP contribution in [0.2, 0.25) is 0 Å². The average Bonchev–Trinajstić information content (AvgIpc) is 2.61. The van der Waals surface area contributed by atoms with Crippen molar-refractivity contribution in [1.29, 1.82) is 0 Å². The largest absolute Gasteiger partial charge is 0.385 e. The summed E-state index contributed by atoms with van der Waals surface area (Å²) < 4.78 is 28.4. The Labute approximate surface area is 135 Å². The van der Waals surface area contributed by atoms with Gasteiger partial charge in [0, 0.05) is 12.7 Å². The SMILES string of the molecule is C=CCO[C@@H]1[C@@H](O)[C@H](OC)O[C@@H]2COC(c3ccccc3)O[C@@H]12. The van der Waals surface area contributed by atoms with E-state index in [9.17, 15) is 5.11 Å². The van der Waals surface area contributed by atoms with E-state index >= 15 is 0 Å². The first-order chi connectivity index (χ1) is 11.2. The number of methoxy groups -OCH3 is 1. The molecule has 6 nitrogen and oxygen atoms in total. The Balaban J connectivity index is 1.77. The zero-order valence-electron chi connectivity index (χ0n) is 13.0. The molecule has 0 saturated carbocycles. The minimum absolute atomic E-state index is 0.307. The molecule has 0 radical (unpaired) electrons. The molecule has 1 N–H and O–H groups in total. The molecule has 2 fully saturated rings. The van der Waals surface area contributed by atoms with Crippen LogP contribution in [-0.2, 0) is 23.7 Å². The molecule has 0 amide bonds. The van der Waals surface area contributed by atoms with Crippen LogP contribution in [0.25, 0.3) is 0 Å². The number of rotatable bonds is 5. The molecule has 6 atom stereocenters. The van der Waals surface area contributed by atoms with Gasteiger partial charge in [-0.05, 0) is 0 Å². The molecular formula is C17H22O6. The predicted octanol–water partition coefficient (Wildman–Crippen LogP) is 1.40. The van der Waals surface area contributed by atoms with Crippen molar-refractivity contribution >= 4 is 0 Å². The van der Waals surface area contributed by atoms with Crippen molar-refractivity contribution in [2.45, 2.75) is 37.0 Å². The van der Waals surface area contributed by atoms with Crippen LogP contribution in [0.5, 0.6) is 0 Å². The van der Waals surface area contributed by atoms with Gasteiger partial charge in [-0.1, -0.05) is 36.4 Å². The maximum atomic E-state index is 10.4. The molecule has 2 aliphatic heterocycles. The maximum absolute atomic E-state index is 10.4. The minimum atomic E-state index is -0.948. The number of ether oxygens (including phenoxy) is 5. The third-order valence-electron chi connectivity index (χ3n) is 4.02. The fourth-order valence-electron chi connectivity index (χ4n) is 2.91. The van der Waals surface area contributed by atoms with E-state index in [4.69, 9.17) is 23.7 Å². The number of hydrogen-bond donors (Lipinski definition) is 1. The first kappa shape index (κ1) is 16.6. The van der Waals surface area contributed by atoms with Gasteiger partial charge in [-0.25, -0.2) is 0 Å². The van der Waals surface area contributed by atoms with Crippen LogP contribution in [0.3, 0.4) is 0 Å². The second kappa shape index (κ2) is 7.53. The van der Waals surface area contributed by atoms with Gasteiger partial charge in [-0.15, -0.1) is 6.58 Å². The van der Waals surface area contributed by atoms with Crippen LogP contribution < -0.4 is 0 Å². The van der Waals surface area contributed by atoms with E-state index in [1.54, 1.807) is 6.08 Å². The molecule has 3 rings (SSSR count). The van der Waals surface area contributed by atoms with Gasteiger partial charge in [-0.2, -0.15) is 0 Å². The van der Waals surface area contributed by atoms with E-state index in [-0.39, 0.29) is 6.10 Å². The van der Waals surface area contributed by atoms with Crippen molar-refractivity contribution in [2.24, 2.45) is 0 Å². The first-order valence-electron chi connectivity index (χ1n) is 7.65. The molecule has 2 saturated heterocycles. The van der Waals surface area contributed by atoms with Crippen molar-refractivity contribution in [3.8, 4) is 0 Å². The number of benzene rings is 1. The monoisotopic (exact) mass is 322 g/mol. The number of hydrogen-bond acceptors (Lipinski definition) is 6. The Morgan fingerprint density at radius 1 is 1.30 bits per heavy atom. The minimum Gasteiger partial charge on any atom is -0.385 e. The standard InChI is InChI=1S/C17H22O6/c1-3-9-20-15-13(18)17(19-2)22-12-10-21-16(23-14(12)15)11-7-5-4-6-8-11/h3-8,12-18H,1,9-10H2,2H3/t12-,13-,14-,15-,16?,17-/m1/s1. The number of aliphatic hydroxyl groups is 1. The fraction of sp³-hybridized carbons (Fsp3) is 0.529. The van der Waals surface area contributed by atoms with Gasteiger partial charge < -0.3 is 28.8 Å². The predicted molar refractivity (Wildman–Crippen MR) is 81.6 cm³/mol. The molecule has 1 aromatic carbocycles. The lowest BCUT2D eigenvalue weighted by Gasteiger charge is -2.47. The first-order valence-corrected chi connectivity index (χ1v) is 7.65. The molecule has 126 valence electrons. The van der Waals surface area contributed by atoms with Gasteiger partial charge >= 0.3 is 0 Å². The topological polar surface area (TPSA) is 66.4 Å². The molecule has 0 aromatic heterocycles. The molecule has 2 heterocycles. The lowest BCUT2D eigenvalue weighted by atomic mass is 9.97. The lowest BCUT2D eigenvalue weighted by molar-refractivity contribution is -0.362. The summed E-state index contributed by atoms with van der Waals surface area (Å²) in [5, 5.41) is 10.4. The van der Waals surface area contributed by atoms with E-state index in [0.717, 1.165) is 5.56 Å². The molecule has 0 aliphatic carbocycles. The second-order valence-corrected chi connectivity index (χ2v) is 5.53. The van der Waals surface area contributed by atoms with Crippen LogP contribution in [-0.4, -0.2) is 56.1 Å². The summed E-state index contributed by atoms with van der Waals surface area (Å²) in [7, 11) is 1.48. The Morgan fingerprint density at radius 3 is 2.78 bits per heavy atom. The lowest BCUT2D eigenvalue weighted by Crippen LogP contribution is -2.62. The molecule has 1 unspecified atom stereocenters. The third-order valence-corrected chi connectivity index (χ3v) is 4.02. The van der Waals surface area contributed by atoms with Crippen LogP contribution in [0.15, 0.2) is 43.0 Å². The van der Waals surface area contributed by atoms with Gasteiger partial charge in [0.2, 0.25) is 0 Å². The smallest absolute Gasteiger partial charge is 0.186 e. The molecule has 6 heteroatoms. The highest BCUT2D eigenvalue weighted by molar-refractivity contribution is 5.16. The van der Waals surface area contributed by atoms with Gasteiger partial charge in [0.15, 0.2) is 12.6 Å². The Bertz CT molecular complexity index is 507. The summed E-state index contributed by atoms with van der Waals surface area (Å²) in [6.45, 7) is 4.29. The highest BCUT2D eigenvalue weighted by Crippen LogP contribution is 2.35. The Morgan fingerprint density at radius 2 is 2.09 bits per heavy atom. The summed E-state index contributed by atoms with van der Waals surface area (Å²) >= 11 is 0. The molecular weight excluding hydrogens is 300 g/mol. The highest BCUT2D eigenvalue weighted by Gasteiger charge is 2.50. The summed E-state index contributed by atoms with van der Waals surface area (Å²) in [5.41, 5.74) is 0.914. The molecule has 0 bridgehead atoms. The van der Waals surface area contributed by atoms with Crippen molar-refractivity contribution in [3.05, 3.63) is 48.6 Å². The van der Waals surface area contributed by atoms with E-state index < -0.39 is 30.9 Å². The van der Waals surface area contributed by atoms with Crippen molar-refractivity contribution in [2.75, 3.05) is 20.3 Å². The summed E-state index contributed by atoms with van der Waals surface area (Å²) in [4.78, 5) is 0. The van der Waals surface area contributed by atoms with Crippen LogP contribution in [0.4, 0.5) is 0 Å². The molecule has 0 spiro atoms. The van der Waals surface area contributed by atoms with E-state index in [2.05, 4.69) is 6.58 Å². The summed E-state index contributed by atoms with van der Waals surface area (Å²) in [6.07, 6.45) is -1.99. The van der Waals surface area contributed by atoms with Crippen molar-refractivity contribution in [1.82, 2.24) is 0 Å². The third kappa shape index (κ3) is 3.47. The zero-order valence-corrected chi connectivity index (χ0v) is 13.0. The van der Waals surface area contributed by atoms with Crippen molar-refractivity contribution in [3.63, 3.8) is 0 Å². The second-order valence-electron chi connectivity index (χ2n) is 5.53. The van der Waals surface area contributed by atoms with E-state index in [1.165, 1.54) is 7.11 Å². The Kier molecular flexibility index (Phi) is 5.42. The van der Waals surface area contributed by atoms with Crippen LogP contribution in [0.1, 0.15) is 11.9 Å². The molecule has 2 aliphatic rings. The quantitative estimate of drug-likeness (QED) is 0.827. The average molecular weight is 322 g/mol. The van der Waals surface area contributed by atoms with Crippen molar-refractivity contribution < 1.29 is 28.8 Å². The summed E-state index contributed by atoms with van der Waals surface area (Å²) in [6, 6.07) is 9.65.